The predicted molar refractivity (Wildman–Crippen MR) is 140 cm³/mol. The molecule has 0 bridgehead atoms. The summed E-state index contributed by atoms with van der Waals surface area (Å²) in [6.45, 7) is 7.95. The number of nitrogens with zero attached hydrogens (tertiary/aromatic N) is 1. The molecular weight excluding hydrogens is 492 g/mol. The van der Waals surface area contributed by atoms with Crippen molar-refractivity contribution in [2.45, 2.75) is 64.4 Å². The number of benzene rings is 1. The van der Waals surface area contributed by atoms with E-state index in [1.807, 2.05) is 27.7 Å². The molecule has 1 heterocycles. The molecule has 1 aromatic rings. The van der Waals surface area contributed by atoms with Gasteiger partial charge in [-0.3, -0.25) is 14.4 Å². The minimum atomic E-state index is -1.19. The lowest BCUT2D eigenvalue weighted by Crippen LogP contribution is -2.55. The van der Waals surface area contributed by atoms with Crippen molar-refractivity contribution in [3.8, 4) is 11.5 Å². The van der Waals surface area contributed by atoms with Crippen molar-refractivity contribution in [3.63, 3.8) is 0 Å². The van der Waals surface area contributed by atoms with Gasteiger partial charge in [0, 0.05) is 42.5 Å². The van der Waals surface area contributed by atoms with Crippen LogP contribution < -0.4 is 14.8 Å². The first kappa shape index (κ1) is 29.3. The van der Waals surface area contributed by atoms with Gasteiger partial charge in [0.2, 0.25) is 11.8 Å². The lowest BCUT2D eigenvalue weighted by atomic mass is 9.77. The zero-order valence-corrected chi connectivity index (χ0v) is 22.6. The largest absolute Gasteiger partial charge is 0.493 e. The van der Waals surface area contributed by atoms with Gasteiger partial charge in [-0.25, -0.2) is 0 Å². The number of carbonyl (C=O) groups is 3. The van der Waals surface area contributed by atoms with Crippen molar-refractivity contribution in [2.75, 3.05) is 33.4 Å². The molecule has 0 radical (unpaired) electrons. The van der Waals surface area contributed by atoms with E-state index in [2.05, 4.69) is 5.32 Å². The second-order valence-electron chi connectivity index (χ2n) is 9.93. The molecule has 0 saturated carbocycles. The van der Waals surface area contributed by atoms with Crippen molar-refractivity contribution in [2.24, 2.45) is 0 Å². The number of aliphatic hydroxyl groups is 2. The molecule has 2 aliphatic rings. The molecule has 208 valence electrons. The van der Waals surface area contributed by atoms with Crippen molar-refractivity contribution in [1.82, 2.24) is 10.2 Å². The molecule has 10 heteroatoms. The Morgan fingerprint density at radius 1 is 1.26 bits per heavy atom. The molecule has 10 nitrogen and oxygen atoms in total. The van der Waals surface area contributed by atoms with E-state index in [0.29, 0.717) is 41.9 Å². The summed E-state index contributed by atoms with van der Waals surface area (Å²) in [5, 5.41) is 23.5. The van der Waals surface area contributed by atoms with Gasteiger partial charge >= 0.3 is 0 Å². The highest BCUT2D eigenvalue weighted by atomic mass is 16.5. The van der Waals surface area contributed by atoms with E-state index in [0.717, 1.165) is 5.57 Å². The molecule has 3 rings (SSSR count). The number of aldehydes is 1. The number of hydrogen-bond acceptors (Lipinski definition) is 8. The van der Waals surface area contributed by atoms with Crippen molar-refractivity contribution < 1.29 is 38.8 Å². The number of fused-ring (bicyclic) bond motifs is 3. The predicted octanol–water partition coefficient (Wildman–Crippen LogP) is 1.74. The zero-order chi connectivity index (χ0) is 28.0. The highest BCUT2D eigenvalue weighted by molar-refractivity contribution is 5.97. The van der Waals surface area contributed by atoms with Crippen LogP contribution in [0, 0.1) is 0 Å². The summed E-state index contributed by atoms with van der Waals surface area (Å²) in [7, 11) is 1.44. The minimum Gasteiger partial charge on any atom is -0.493 e. The molecular formula is C28H38N2O8. The Kier molecular flexibility index (Phi) is 10.1. The Morgan fingerprint density at radius 2 is 2.00 bits per heavy atom. The first-order chi connectivity index (χ1) is 18.1. The molecule has 0 fully saturated rings. The number of hydrogen-bond donors (Lipinski definition) is 3. The van der Waals surface area contributed by atoms with E-state index in [4.69, 9.17) is 14.2 Å². The summed E-state index contributed by atoms with van der Waals surface area (Å²) < 4.78 is 17.3. The van der Waals surface area contributed by atoms with Crippen LogP contribution in [0.3, 0.4) is 0 Å². The average molecular weight is 531 g/mol. The van der Waals surface area contributed by atoms with Gasteiger partial charge in [0.15, 0.2) is 11.5 Å². The fourth-order valence-corrected chi connectivity index (χ4v) is 4.85. The van der Waals surface area contributed by atoms with E-state index in [1.165, 1.54) is 24.2 Å². The maximum absolute atomic E-state index is 13.3. The molecule has 2 amide bonds. The summed E-state index contributed by atoms with van der Waals surface area (Å²) >= 11 is 0. The fraction of sp³-hybridized carbons (Fsp3) is 0.536. The van der Waals surface area contributed by atoms with Gasteiger partial charge in [0.05, 0.1) is 31.8 Å². The Labute approximate surface area is 223 Å². The highest BCUT2D eigenvalue weighted by Gasteiger charge is 2.51. The fourth-order valence-electron chi connectivity index (χ4n) is 4.85. The summed E-state index contributed by atoms with van der Waals surface area (Å²) in [5.41, 5.74) is 1.94. The van der Waals surface area contributed by atoms with Crippen LogP contribution >= 0.6 is 0 Å². The smallest absolute Gasteiger partial charge is 0.247 e. The van der Waals surface area contributed by atoms with Gasteiger partial charge in [-0.1, -0.05) is 5.57 Å². The Morgan fingerprint density at radius 3 is 2.61 bits per heavy atom. The van der Waals surface area contributed by atoms with E-state index in [9.17, 15) is 24.6 Å². The van der Waals surface area contributed by atoms with Crippen LogP contribution in [-0.4, -0.2) is 91.0 Å². The minimum absolute atomic E-state index is 0.0269. The molecule has 4 atom stereocenters. The summed E-state index contributed by atoms with van der Waals surface area (Å²) in [4.78, 5) is 39.7. The van der Waals surface area contributed by atoms with E-state index in [-0.39, 0.29) is 37.3 Å². The SMILES string of the molecule is COc1cc(C=O)cc2c1O[C@@H]1[C@@H](O)[C@H](N(CCCOC(C)C)C(=O)C=C(C)C)C=C(C(=O)NCCO)[C@H]21. The first-order valence-electron chi connectivity index (χ1n) is 12.8. The second-order valence-corrected chi connectivity index (χ2v) is 9.93. The van der Waals surface area contributed by atoms with Crippen LogP contribution in [0.5, 0.6) is 11.5 Å². The van der Waals surface area contributed by atoms with Crippen molar-refractivity contribution >= 4 is 18.1 Å². The molecule has 3 N–H and O–H groups in total. The standard InChI is InChI=1S/C28H38N2O8/c1-16(2)11-23(33)30(8-6-10-37-17(3)4)21-14-20(28(35)29-7-9-31)24-19-12-18(15-32)13-22(36-5)26(19)38-27(24)25(21)34/h11-15,17,21,24-25,27,31,34H,6-10H2,1-5H3,(H,29,35)/t21-,24+,25+,27+/m1/s1. The van der Waals surface area contributed by atoms with E-state index in [1.54, 1.807) is 12.1 Å². The lowest BCUT2D eigenvalue weighted by Gasteiger charge is -2.40. The molecule has 0 spiro atoms. The summed E-state index contributed by atoms with van der Waals surface area (Å²) in [6, 6.07) is 2.27. The Hall–Kier alpha value is -3.21. The molecule has 0 unspecified atom stereocenters. The third kappa shape index (κ3) is 6.43. The van der Waals surface area contributed by atoms with Crippen LogP contribution in [0.2, 0.25) is 0 Å². The third-order valence-electron chi connectivity index (χ3n) is 6.46. The molecule has 0 saturated heterocycles. The van der Waals surface area contributed by atoms with Crippen LogP contribution in [0.1, 0.15) is 56.0 Å². The average Bonchev–Trinajstić information content (AvgIpc) is 3.26. The highest BCUT2D eigenvalue weighted by Crippen LogP contribution is 2.51. The van der Waals surface area contributed by atoms with Crippen LogP contribution in [0.4, 0.5) is 0 Å². The molecule has 1 aromatic carbocycles. The van der Waals surface area contributed by atoms with Gasteiger partial charge in [-0.2, -0.15) is 0 Å². The van der Waals surface area contributed by atoms with Gasteiger partial charge in [-0.05, 0) is 52.3 Å². The zero-order valence-electron chi connectivity index (χ0n) is 22.6. The molecule has 38 heavy (non-hydrogen) atoms. The number of aliphatic hydroxyl groups excluding tert-OH is 2. The van der Waals surface area contributed by atoms with E-state index < -0.39 is 30.1 Å². The molecule has 0 aromatic heterocycles. The summed E-state index contributed by atoms with van der Waals surface area (Å²) in [5.74, 6) is -0.842. The quantitative estimate of drug-likeness (QED) is 0.211. The molecule has 1 aliphatic heterocycles. The van der Waals surface area contributed by atoms with E-state index >= 15 is 0 Å². The van der Waals surface area contributed by atoms with Crippen molar-refractivity contribution in [3.05, 3.63) is 46.6 Å². The van der Waals surface area contributed by atoms with Gasteiger partial charge in [0.1, 0.15) is 18.5 Å². The number of ether oxygens (including phenoxy) is 3. The maximum atomic E-state index is 13.3. The van der Waals surface area contributed by atoms with Gasteiger partial charge < -0.3 is 34.6 Å². The summed E-state index contributed by atoms with van der Waals surface area (Å²) in [6.07, 6.45) is 2.21. The monoisotopic (exact) mass is 530 g/mol. The number of carbonyl (C=O) groups excluding carboxylic acids is 3. The van der Waals surface area contributed by atoms with Gasteiger partial charge in [-0.15, -0.1) is 0 Å². The topological polar surface area (TPSA) is 135 Å². The van der Waals surface area contributed by atoms with Crippen LogP contribution in [-0.2, 0) is 14.3 Å². The maximum Gasteiger partial charge on any atom is 0.247 e. The Bertz CT molecular complexity index is 1090. The Balaban J connectivity index is 2.08. The number of allylic oxidation sites excluding steroid dienone is 1. The second kappa shape index (κ2) is 13.0. The van der Waals surface area contributed by atoms with Crippen LogP contribution in [0.15, 0.2) is 35.4 Å². The lowest BCUT2D eigenvalue weighted by molar-refractivity contribution is -0.132. The first-order valence-corrected chi connectivity index (χ1v) is 12.8. The molecule has 1 aliphatic carbocycles. The van der Waals surface area contributed by atoms with Crippen molar-refractivity contribution in [1.29, 1.82) is 0 Å². The normalized spacial score (nSPS) is 21.5. The number of rotatable bonds is 12. The number of methoxy groups -OCH3 is 1. The third-order valence-corrected chi connectivity index (χ3v) is 6.46. The van der Waals surface area contributed by atoms with Crippen LogP contribution in [0.25, 0.3) is 0 Å². The number of nitrogens with one attached hydrogen (secondary N) is 1. The number of amides is 2. The van der Waals surface area contributed by atoms with Gasteiger partial charge in [0.25, 0.3) is 0 Å².